The fraction of sp³-hybridized carbons (Fsp3) is 0.455. The Morgan fingerprint density at radius 1 is 1.47 bits per heavy atom. The number of benzene rings is 1. The summed E-state index contributed by atoms with van der Waals surface area (Å²) in [5.74, 6) is -0.440. The summed E-state index contributed by atoms with van der Waals surface area (Å²) in [5.41, 5.74) is 1.31. The molecule has 0 atom stereocenters. The molecule has 1 aromatic carbocycles. The molecule has 0 radical (unpaired) electrons. The third-order valence-corrected chi connectivity index (χ3v) is 3.55. The maximum absolute atomic E-state index is 13.4. The second-order valence-electron chi connectivity index (χ2n) is 4.27. The summed E-state index contributed by atoms with van der Waals surface area (Å²) in [4.78, 5) is 0. The van der Waals surface area contributed by atoms with E-state index < -0.39 is 5.82 Å². The van der Waals surface area contributed by atoms with E-state index >= 15 is 0 Å². The first-order valence-corrected chi connectivity index (χ1v) is 5.79. The van der Waals surface area contributed by atoms with Gasteiger partial charge in [0.2, 0.25) is 0 Å². The van der Waals surface area contributed by atoms with Crippen LogP contribution in [0, 0.1) is 5.82 Å². The number of hydrogen-bond acceptors (Lipinski definition) is 3. The summed E-state index contributed by atoms with van der Waals surface area (Å²) in [6.45, 7) is 0. The molecule has 17 heavy (non-hydrogen) atoms. The predicted molar refractivity (Wildman–Crippen MR) is 61.6 cm³/mol. The minimum absolute atomic E-state index is 0.0768. The van der Waals surface area contributed by atoms with Crippen LogP contribution in [0.4, 0.5) is 4.39 Å². The van der Waals surface area contributed by atoms with Crippen molar-refractivity contribution in [1.82, 2.24) is 15.0 Å². The summed E-state index contributed by atoms with van der Waals surface area (Å²) in [6, 6.07) is 3.13. The van der Waals surface area contributed by atoms with Gasteiger partial charge in [-0.05, 0) is 18.9 Å². The van der Waals surface area contributed by atoms with Crippen LogP contribution < -0.4 is 0 Å². The molecule has 6 heteroatoms. The molecule has 1 aliphatic carbocycles. The van der Waals surface area contributed by atoms with Crippen molar-refractivity contribution in [2.75, 3.05) is 7.11 Å². The zero-order chi connectivity index (χ0) is 12.0. The first-order valence-electron chi connectivity index (χ1n) is 5.42. The minimum atomic E-state index is -0.440. The SMILES string of the molecule is COC1CC(n2nnc3cc(Cl)c(F)cc32)C1. The molecule has 2 aromatic rings. The molecule has 1 heterocycles. The lowest BCUT2D eigenvalue weighted by Gasteiger charge is -2.34. The first-order chi connectivity index (χ1) is 8.19. The highest BCUT2D eigenvalue weighted by atomic mass is 35.5. The summed E-state index contributed by atoms with van der Waals surface area (Å²) >= 11 is 5.70. The van der Waals surface area contributed by atoms with Crippen molar-refractivity contribution in [2.24, 2.45) is 0 Å². The molecule has 0 aliphatic heterocycles. The number of ether oxygens (including phenoxy) is 1. The molecule has 1 aliphatic rings. The Labute approximate surface area is 102 Å². The molecule has 3 rings (SSSR count). The Morgan fingerprint density at radius 2 is 2.24 bits per heavy atom. The third-order valence-electron chi connectivity index (χ3n) is 3.26. The maximum atomic E-state index is 13.4. The highest BCUT2D eigenvalue weighted by molar-refractivity contribution is 6.31. The van der Waals surface area contributed by atoms with Crippen molar-refractivity contribution in [3.8, 4) is 0 Å². The molecular formula is C11H11ClFN3O. The number of hydrogen-bond donors (Lipinski definition) is 0. The zero-order valence-electron chi connectivity index (χ0n) is 9.23. The van der Waals surface area contributed by atoms with Crippen molar-refractivity contribution >= 4 is 22.6 Å². The van der Waals surface area contributed by atoms with Crippen molar-refractivity contribution in [2.45, 2.75) is 25.0 Å². The summed E-state index contributed by atoms with van der Waals surface area (Å²) in [7, 11) is 1.69. The molecular weight excluding hydrogens is 245 g/mol. The van der Waals surface area contributed by atoms with E-state index in [1.54, 1.807) is 11.8 Å². The first kappa shape index (κ1) is 10.9. The molecule has 0 spiro atoms. The lowest BCUT2D eigenvalue weighted by atomic mass is 9.89. The van der Waals surface area contributed by atoms with E-state index in [4.69, 9.17) is 16.3 Å². The molecule has 0 bridgehead atoms. The molecule has 0 N–H and O–H groups in total. The topological polar surface area (TPSA) is 39.9 Å². The van der Waals surface area contributed by atoms with Gasteiger partial charge in [0.05, 0.1) is 22.7 Å². The van der Waals surface area contributed by atoms with E-state index in [-0.39, 0.29) is 17.2 Å². The van der Waals surface area contributed by atoms with Crippen LogP contribution in [0.2, 0.25) is 5.02 Å². The van der Waals surface area contributed by atoms with E-state index in [1.807, 2.05) is 0 Å². The molecule has 1 fully saturated rings. The summed E-state index contributed by atoms with van der Waals surface area (Å²) in [5, 5.41) is 8.13. The van der Waals surface area contributed by atoms with Crippen molar-refractivity contribution in [1.29, 1.82) is 0 Å². The van der Waals surface area contributed by atoms with E-state index in [0.717, 1.165) is 12.8 Å². The summed E-state index contributed by atoms with van der Waals surface area (Å²) < 4.78 is 20.4. The van der Waals surface area contributed by atoms with Gasteiger partial charge in [-0.2, -0.15) is 0 Å². The number of nitrogens with zero attached hydrogens (tertiary/aromatic N) is 3. The van der Waals surface area contributed by atoms with Crippen molar-refractivity contribution in [3.63, 3.8) is 0 Å². The molecule has 90 valence electrons. The van der Waals surface area contributed by atoms with Crippen LogP contribution in [-0.2, 0) is 4.74 Å². The highest BCUT2D eigenvalue weighted by Gasteiger charge is 2.32. The van der Waals surface area contributed by atoms with Gasteiger partial charge in [-0.15, -0.1) is 5.10 Å². The number of aromatic nitrogens is 3. The molecule has 0 saturated heterocycles. The molecule has 0 amide bonds. The second-order valence-corrected chi connectivity index (χ2v) is 4.68. The average molecular weight is 256 g/mol. The number of rotatable bonds is 2. The van der Waals surface area contributed by atoms with Crippen LogP contribution in [0.5, 0.6) is 0 Å². The average Bonchev–Trinajstić information content (AvgIpc) is 2.61. The zero-order valence-corrected chi connectivity index (χ0v) is 9.99. The van der Waals surface area contributed by atoms with Gasteiger partial charge in [-0.25, -0.2) is 9.07 Å². The van der Waals surface area contributed by atoms with Crippen LogP contribution in [0.25, 0.3) is 11.0 Å². The normalized spacial score (nSPS) is 23.9. The standard InChI is InChI=1S/C11H11ClFN3O/c1-17-7-2-6(3-7)16-11-5-9(13)8(12)4-10(11)14-15-16/h4-7H,2-3H2,1H3. The molecule has 1 saturated carbocycles. The van der Waals surface area contributed by atoms with Gasteiger partial charge in [-0.3, -0.25) is 0 Å². The van der Waals surface area contributed by atoms with E-state index in [2.05, 4.69) is 10.3 Å². The van der Waals surface area contributed by atoms with Gasteiger partial charge in [-0.1, -0.05) is 16.8 Å². The van der Waals surface area contributed by atoms with E-state index in [0.29, 0.717) is 11.0 Å². The second kappa shape index (κ2) is 3.92. The number of methoxy groups -OCH3 is 1. The lowest BCUT2D eigenvalue weighted by Crippen LogP contribution is -2.33. The van der Waals surface area contributed by atoms with Crippen LogP contribution >= 0.6 is 11.6 Å². The predicted octanol–water partition coefficient (Wildman–Crippen LogP) is 2.57. The highest BCUT2D eigenvalue weighted by Crippen LogP contribution is 2.35. The van der Waals surface area contributed by atoms with Crippen molar-refractivity contribution < 1.29 is 9.13 Å². The fourth-order valence-electron chi connectivity index (χ4n) is 2.13. The Balaban J connectivity index is 1.98. The Bertz CT molecular complexity index is 565. The Morgan fingerprint density at radius 3 is 2.94 bits per heavy atom. The molecule has 0 unspecified atom stereocenters. The van der Waals surface area contributed by atoms with Crippen LogP contribution in [0.1, 0.15) is 18.9 Å². The van der Waals surface area contributed by atoms with Gasteiger partial charge in [0.25, 0.3) is 0 Å². The van der Waals surface area contributed by atoms with Crippen molar-refractivity contribution in [3.05, 3.63) is 23.0 Å². The van der Waals surface area contributed by atoms with Crippen LogP contribution in [0.3, 0.4) is 0 Å². The van der Waals surface area contributed by atoms with E-state index in [1.165, 1.54) is 12.1 Å². The smallest absolute Gasteiger partial charge is 0.144 e. The Kier molecular flexibility index (Phi) is 2.52. The van der Waals surface area contributed by atoms with Crippen LogP contribution in [-0.4, -0.2) is 28.2 Å². The maximum Gasteiger partial charge on any atom is 0.144 e. The fourth-order valence-corrected chi connectivity index (χ4v) is 2.29. The van der Waals surface area contributed by atoms with Crippen LogP contribution in [0.15, 0.2) is 12.1 Å². The quantitative estimate of drug-likeness (QED) is 0.828. The minimum Gasteiger partial charge on any atom is -0.381 e. The lowest BCUT2D eigenvalue weighted by molar-refractivity contribution is 0.00331. The number of fused-ring (bicyclic) bond motifs is 1. The Hall–Kier alpha value is -1.20. The monoisotopic (exact) mass is 255 g/mol. The largest absolute Gasteiger partial charge is 0.381 e. The van der Waals surface area contributed by atoms with Gasteiger partial charge in [0.15, 0.2) is 0 Å². The molecule has 1 aromatic heterocycles. The number of halogens is 2. The van der Waals surface area contributed by atoms with Gasteiger partial charge in [0.1, 0.15) is 11.3 Å². The third kappa shape index (κ3) is 1.70. The van der Waals surface area contributed by atoms with Gasteiger partial charge < -0.3 is 4.74 Å². The van der Waals surface area contributed by atoms with Gasteiger partial charge >= 0.3 is 0 Å². The van der Waals surface area contributed by atoms with E-state index in [9.17, 15) is 4.39 Å². The molecule has 4 nitrogen and oxygen atoms in total. The van der Waals surface area contributed by atoms with Gasteiger partial charge in [0, 0.05) is 13.2 Å². The summed E-state index contributed by atoms with van der Waals surface area (Å²) in [6.07, 6.45) is 2.05.